The van der Waals surface area contributed by atoms with E-state index in [-0.39, 0.29) is 22.5 Å². The Bertz CT molecular complexity index is 769. The van der Waals surface area contributed by atoms with E-state index >= 15 is 0 Å². The number of carbonyl (C=O) groups is 3. The van der Waals surface area contributed by atoms with Crippen LogP contribution < -0.4 is 4.57 Å². The first-order chi connectivity index (χ1) is 11.5. The number of hydrogen-bond acceptors (Lipinski definition) is 4. The summed E-state index contributed by atoms with van der Waals surface area (Å²) >= 11 is 1.58. The van der Waals surface area contributed by atoms with Crippen molar-refractivity contribution in [1.29, 1.82) is 0 Å². The van der Waals surface area contributed by atoms with Crippen LogP contribution in [-0.2, 0) is 9.59 Å². The highest BCUT2D eigenvalue weighted by Gasteiger charge is 2.44. The van der Waals surface area contributed by atoms with Crippen molar-refractivity contribution in [3.63, 3.8) is 0 Å². The lowest BCUT2D eigenvalue weighted by molar-refractivity contribution is -0.568. The molecule has 24 heavy (non-hydrogen) atoms. The summed E-state index contributed by atoms with van der Waals surface area (Å²) in [5, 5.41) is 18.2. The maximum atomic E-state index is 11.7. The molecule has 1 saturated heterocycles. The first-order valence-corrected chi connectivity index (χ1v) is 8.32. The SMILES string of the molecule is O=C(O)C1=C(CC=C[n+]2ccc(C(=O)O)cc2)CS[C@@H]2CC(=O)N12. The van der Waals surface area contributed by atoms with Crippen molar-refractivity contribution in [1.82, 2.24) is 4.90 Å². The Morgan fingerprint density at radius 1 is 1.29 bits per heavy atom. The maximum absolute atomic E-state index is 11.7. The van der Waals surface area contributed by atoms with Crippen molar-refractivity contribution in [2.24, 2.45) is 0 Å². The first-order valence-electron chi connectivity index (χ1n) is 7.27. The fourth-order valence-electron chi connectivity index (χ4n) is 2.63. The van der Waals surface area contributed by atoms with Gasteiger partial charge in [-0.15, -0.1) is 11.8 Å². The van der Waals surface area contributed by atoms with Crippen molar-refractivity contribution in [3.8, 4) is 0 Å². The normalized spacial score (nSPS) is 20.1. The molecule has 0 aromatic carbocycles. The number of thioether (sulfide) groups is 1. The third kappa shape index (κ3) is 3.05. The second kappa shape index (κ2) is 6.48. The van der Waals surface area contributed by atoms with E-state index in [1.165, 1.54) is 17.0 Å². The van der Waals surface area contributed by atoms with Crippen LogP contribution in [-0.4, -0.2) is 44.1 Å². The summed E-state index contributed by atoms with van der Waals surface area (Å²) in [5.74, 6) is -1.63. The largest absolute Gasteiger partial charge is 0.478 e. The third-order valence-electron chi connectivity index (χ3n) is 3.88. The molecule has 3 rings (SSSR count). The Balaban J connectivity index is 1.74. The van der Waals surface area contributed by atoms with Gasteiger partial charge < -0.3 is 10.2 Å². The molecule has 2 N–H and O–H groups in total. The Morgan fingerprint density at radius 2 is 2.00 bits per heavy atom. The number of carboxylic acids is 2. The van der Waals surface area contributed by atoms with Crippen LogP contribution >= 0.6 is 11.8 Å². The number of pyridine rings is 1. The van der Waals surface area contributed by atoms with Crippen molar-refractivity contribution < 1.29 is 29.2 Å². The van der Waals surface area contributed by atoms with Crippen LogP contribution in [0.3, 0.4) is 0 Å². The van der Waals surface area contributed by atoms with Crippen molar-refractivity contribution in [3.05, 3.63) is 47.4 Å². The van der Waals surface area contributed by atoms with E-state index in [2.05, 4.69) is 0 Å². The number of aromatic nitrogens is 1. The number of nitrogens with zero attached hydrogens (tertiary/aromatic N) is 2. The predicted octanol–water partition coefficient (Wildman–Crippen LogP) is 1.18. The van der Waals surface area contributed by atoms with Crippen molar-refractivity contribution >= 4 is 35.8 Å². The van der Waals surface area contributed by atoms with Gasteiger partial charge in [0.15, 0.2) is 18.6 Å². The van der Waals surface area contributed by atoms with Gasteiger partial charge in [-0.25, -0.2) is 9.59 Å². The smallest absolute Gasteiger partial charge is 0.352 e. The Morgan fingerprint density at radius 3 is 2.58 bits per heavy atom. The molecule has 0 unspecified atom stereocenters. The molecular formula is C16H15N2O5S+. The topological polar surface area (TPSA) is 98.8 Å². The van der Waals surface area contributed by atoms with E-state index in [0.29, 0.717) is 24.2 Å². The molecule has 8 heteroatoms. The Hall–Kier alpha value is -2.61. The van der Waals surface area contributed by atoms with Crippen LogP contribution in [0.1, 0.15) is 23.2 Å². The second-order valence-electron chi connectivity index (χ2n) is 5.42. The molecule has 1 amide bonds. The van der Waals surface area contributed by atoms with Gasteiger partial charge in [0.1, 0.15) is 5.70 Å². The number of allylic oxidation sites excluding steroid dienone is 1. The molecule has 1 atom stereocenters. The summed E-state index contributed by atoms with van der Waals surface area (Å²) < 4.78 is 1.68. The molecule has 0 radical (unpaired) electrons. The average molecular weight is 347 g/mol. The van der Waals surface area contributed by atoms with Gasteiger partial charge in [0.25, 0.3) is 0 Å². The minimum atomic E-state index is -1.07. The molecule has 0 bridgehead atoms. The van der Waals surface area contributed by atoms with Gasteiger partial charge in [-0.3, -0.25) is 9.69 Å². The van der Waals surface area contributed by atoms with Crippen LogP contribution in [0.2, 0.25) is 0 Å². The molecule has 0 aliphatic carbocycles. The van der Waals surface area contributed by atoms with E-state index in [0.717, 1.165) is 0 Å². The maximum Gasteiger partial charge on any atom is 0.352 e. The molecule has 2 aliphatic heterocycles. The molecule has 2 aliphatic rings. The second-order valence-corrected chi connectivity index (χ2v) is 6.59. The Labute approximate surface area is 141 Å². The van der Waals surface area contributed by atoms with Crippen LogP contribution in [0, 0.1) is 0 Å². The molecule has 1 aromatic rings. The zero-order chi connectivity index (χ0) is 17.3. The summed E-state index contributed by atoms with van der Waals surface area (Å²) in [5.41, 5.74) is 1.00. The molecule has 0 saturated carbocycles. The fraction of sp³-hybridized carbons (Fsp3) is 0.250. The number of carboxylic acid groups (broad SMARTS) is 2. The van der Waals surface area contributed by atoms with Gasteiger partial charge in [0.2, 0.25) is 5.91 Å². The zero-order valence-electron chi connectivity index (χ0n) is 12.6. The summed E-state index contributed by atoms with van der Waals surface area (Å²) in [6, 6.07) is 2.96. The number of rotatable bonds is 5. The van der Waals surface area contributed by atoms with E-state index in [1.807, 2.05) is 0 Å². The fourth-order valence-corrected chi connectivity index (χ4v) is 3.91. The van der Waals surface area contributed by atoms with Crippen LogP contribution in [0.25, 0.3) is 6.20 Å². The minimum Gasteiger partial charge on any atom is -0.478 e. The lowest BCUT2D eigenvalue weighted by atomic mass is 10.1. The number of aromatic carboxylic acids is 1. The quantitative estimate of drug-likeness (QED) is 0.613. The lowest BCUT2D eigenvalue weighted by Gasteiger charge is -2.43. The van der Waals surface area contributed by atoms with Gasteiger partial charge in [-0.2, -0.15) is 4.57 Å². The number of hydrogen-bond donors (Lipinski definition) is 2. The zero-order valence-corrected chi connectivity index (χ0v) is 13.4. The van der Waals surface area contributed by atoms with E-state index in [1.54, 1.807) is 41.0 Å². The molecule has 1 aromatic heterocycles. The third-order valence-corrected chi connectivity index (χ3v) is 5.15. The first kappa shape index (κ1) is 16.3. The molecule has 7 nitrogen and oxygen atoms in total. The van der Waals surface area contributed by atoms with E-state index in [9.17, 15) is 19.5 Å². The van der Waals surface area contributed by atoms with Crippen molar-refractivity contribution in [2.45, 2.75) is 18.2 Å². The number of carbonyl (C=O) groups excluding carboxylic acids is 1. The van der Waals surface area contributed by atoms with E-state index in [4.69, 9.17) is 5.11 Å². The van der Waals surface area contributed by atoms with Crippen molar-refractivity contribution in [2.75, 3.05) is 5.75 Å². The highest BCUT2D eigenvalue weighted by molar-refractivity contribution is 8.00. The summed E-state index contributed by atoms with van der Waals surface area (Å²) in [6.07, 6.45) is 7.56. The molecule has 3 heterocycles. The number of β-lactam (4-membered cyclic amide) rings is 1. The number of aliphatic carboxylic acids is 1. The summed E-state index contributed by atoms with van der Waals surface area (Å²) in [4.78, 5) is 35.3. The van der Waals surface area contributed by atoms with Gasteiger partial charge in [0.05, 0.1) is 17.4 Å². The predicted molar refractivity (Wildman–Crippen MR) is 85.9 cm³/mol. The number of fused-ring (bicyclic) bond motifs is 1. The monoisotopic (exact) mass is 347 g/mol. The molecular weight excluding hydrogens is 332 g/mol. The highest BCUT2D eigenvalue weighted by Crippen LogP contribution is 2.40. The van der Waals surface area contributed by atoms with Crippen LogP contribution in [0.5, 0.6) is 0 Å². The standard InChI is InChI=1S/C16H14N2O5S/c19-12-8-13-18(12)14(16(22)23)11(9-24-13)2-1-5-17-6-3-10(4-7-17)15(20)21/h1,3-7,13H,2,8-9H2,(H-,20,21,22,23)/p+1/t13-/m1/s1. The summed E-state index contributed by atoms with van der Waals surface area (Å²) in [7, 11) is 0. The summed E-state index contributed by atoms with van der Waals surface area (Å²) in [6.45, 7) is 0. The average Bonchev–Trinajstić information content (AvgIpc) is 2.54. The lowest BCUT2D eigenvalue weighted by Crippen LogP contribution is -2.53. The van der Waals surface area contributed by atoms with Crippen LogP contribution in [0.4, 0.5) is 0 Å². The van der Waals surface area contributed by atoms with Gasteiger partial charge in [-0.05, 0) is 18.1 Å². The molecule has 0 spiro atoms. The minimum absolute atomic E-state index is 0.0470. The van der Waals surface area contributed by atoms with Crippen LogP contribution in [0.15, 0.2) is 41.9 Å². The van der Waals surface area contributed by atoms with Gasteiger partial charge in [-0.1, -0.05) is 0 Å². The van der Waals surface area contributed by atoms with Gasteiger partial charge >= 0.3 is 11.9 Å². The Kier molecular flexibility index (Phi) is 4.39. The van der Waals surface area contributed by atoms with Gasteiger partial charge in [0, 0.05) is 17.9 Å². The molecule has 1 fully saturated rings. The van der Waals surface area contributed by atoms with E-state index < -0.39 is 11.9 Å². The number of amides is 1. The highest BCUT2D eigenvalue weighted by atomic mass is 32.2. The molecule has 124 valence electrons.